The smallest absolute Gasteiger partial charge is 0.152 e. The van der Waals surface area contributed by atoms with Gasteiger partial charge in [0.2, 0.25) is 0 Å². The molecule has 1 heterocycles. The third kappa shape index (κ3) is 4.78. The number of hydrogen-bond donors (Lipinski definition) is 1. The molecule has 0 fully saturated rings. The second kappa shape index (κ2) is 6.89. The van der Waals surface area contributed by atoms with E-state index in [4.69, 9.17) is 5.73 Å². The van der Waals surface area contributed by atoms with Crippen LogP contribution in [0.5, 0.6) is 0 Å². The van der Waals surface area contributed by atoms with Crippen molar-refractivity contribution in [2.45, 2.75) is 45.7 Å². The standard InChI is InChI=1S/C12H23N3O2S/c1-3-8-18(16,17)9-7-15-6-5-14-12(15)10-11(13)4-2/h5-6,11H,3-4,7-10,13H2,1-2H3. The molecule has 1 atom stereocenters. The molecule has 0 aliphatic carbocycles. The van der Waals surface area contributed by atoms with E-state index in [1.54, 1.807) is 6.20 Å². The molecule has 1 aromatic heterocycles. The maximum Gasteiger partial charge on any atom is 0.152 e. The first-order valence-electron chi connectivity index (χ1n) is 6.44. The van der Waals surface area contributed by atoms with E-state index in [-0.39, 0.29) is 17.5 Å². The van der Waals surface area contributed by atoms with E-state index >= 15 is 0 Å². The summed E-state index contributed by atoms with van der Waals surface area (Å²) in [5.74, 6) is 1.30. The number of imidazole rings is 1. The van der Waals surface area contributed by atoms with E-state index in [9.17, 15) is 8.42 Å². The van der Waals surface area contributed by atoms with Crippen molar-refractivity contribution >= 4 is 9.84 Å². The lowest BCUT2D eigenvalue weighted by atomic mass is 10.1. The van der Waals surface area contributed by atoms with Crippen LogP contribution in [-0.2, 0) is 22.8 Å². The SMILES string of the molecule is CCCS(=O)(=O)CCn1ccnc1CC(N)CC. The fourth-order valence-electron chi connectivity index (χ4n) is 1.76. The van der Waals surface area contributed by atoms with Crippen LogP contribution in [0.3, 0.4) is 0 Å². The Labute approximate surface area is 109 Å². The average Bonchev–Trinajstić information content (AvgIpc) is 2.74. The number of aryl methyl sites for hydroxylation is 1. The Bertz CT molecular complexity index is 454. The normalized spacial score (nSPS) is 13.7. The predicted molar refractivity (Wildman–Crippen MR) is 73.1 cm³/mol. The topological polar surface area (TPSA) is 78.0 Å². The summed E-state index contributed by atoms with van der Waals surface area (Å²) in [4.78, 5) is 4.24. The van der Waals surface area contributed by atoms with E-state index in [1.165, 1.54) is 0 Å². The minimum Gasteiger partial charge on any atom is -0.334 e. The summed E-state index contributed by atoms with van der Waals surface area (Å²) in [6, 6.07) is 0.0819. The summed E-state index contributed by atoms with van der Waals surface area (Å²) in [6.45, 7) is 4.37. The second-order valence-corrected chi connectivity index (χ2v) is 6.86. The summed E-state index contributed by atoms with van der Waals surface area (Å²) in [5, 5.41) is 0. The van der Waals surface area contributed by atoms with Gasteiger partial charge < -0.3 is 10.3 Å². The summed E-state index contributed by atoms with van der Waals surface area (Å²) in [5.41, 5.74) is 5.89. The molecule has 0 saturated heterocycles. The molecule has 0 aliphatic heterocycles. The molecule has 6 heteroatoms. The number of sulfone groups is 1. The highest BCUT2D eigenvalue weighted by Crippen LogP contribution is 2.04. The first-order chi connectivity index (χ1) is 8.48. The minimum absolute atomic E-state index is 0.0819. The van der Waals surface area contributed by atoms with E-state index in [0.29, 0.717) is 19.4 Å². The van der Waals surface area contributed by atoms with Crippen molar-refractivity contribution in [2.75, 3.05) is 11.5 Å². The van der Waals surface area contributed by atoms with Crippen LogP contribution in [0, 0.1) is 0 Å². The predicted octanol–water partition coefficient (Wildman–Crippen LogP) is 0.988. The highest BCUT2D eigenvalue weighted by molar-refractivity contribution is 7.91. The van der Waals surface area contributed by atoms with Gasteiger partial charge in [0.15, 0.2) is 9.84 Å². The molecule has 0 aromatic carbocycles. The summed E-state index contributed by atoms with van der Waals surface area (Å²) in [7, 11) is -2.94. The van der Waals surface area contributed by atoms with Crippen LogP contribution in [0.25, 0.3) is 0 Å². The highest BCUT2D eigenvalue weighted by Gasteiger charge is 2.12. The van der Waals surface area contributed by atoms with Crippen LogP contribution in [0.2, 0.25) is 0 Å². The number of rotatable bonds is 8. The maximum absolute atomic E-state index is 11.7. The molecule has 0 bridgehead atoms. The zero-order valence-electron chi connectivity index (χ0n) is 11.2. The number of nitrogens with two attached hydrogens (primary N) is 1. The Morgan fingerprint density at radius 2 is 2.11 bits per heavy atom. The molecule has 18 heavy (non-hydrogen) atoms. The molecule has 1 rings (SSSR count). The highest BCUT2D eigenvalue weighted by atomic mass is 32.2. The third-order valence-corrected chi connectivity index (χ3v) is 4.76. The van der Waals surface area contributed by atoms with Crippen molar-refractivity contribution in [3.05, 3.63) is 18.2 Å². The summed E-state index contributed by atoms with van der Waals surface area (Å²) >= 11 is 0. The van der Waals surface area contributed by atoms with Gasteiger partial charge in [-0.25, -0.2) is 13.4 Å². The molecular formula is C12H23N3O2S. The van der Waals surface area contributed by atoms with Gasteiger partial charge in [0, 0.05) is 37.2 Å². The zero-order valence-corrected chi connectivity index (χ0v) is 12.0. The molecule has 0 radical (unpaired) electrons. The lowest BCUT2D eigenvalue weighted by Crippen LogP contribution is -2.24. The average molecular weight is 273 g/mol. The van der Waals surface area contributed by atoms with Crippen molar-refractivity contribution in [3.8, 4) is 0 Å². The Morgan fingerprint density at radius 3 is 2.72 bits per heavy atom. The number of hydrogen-bond acceptors (Lipinski definition) is 4. The van der Waals surface area contributed by atoms with E-state index in [2.05, 4.69) is 4.98 Å². The monoisotopic (exact) mass is 273 g/mol. The molecule has 0 aliphatic rings. The van der Waals surface area contributed by atoms with Crippen LogP contribution in [0.1, 0.15) is 32.5 Å². The maximum atomic E-state index is 11.7. The molecule has 0 amide bonds. The fraction of sp³-hybridized carbons (Fsp3) is 0.750. The lowest BCUT2D eigenvalue weighted by molar-refractivity contribution is 0.573. The van der Waals surface area contributed by atoms with Gasteiger partial charge in [0.1, 0.15) is 5.82 Å². The second-order valence-electron chi connectivity index (χ2n) is 4.56. The molecule has 104 valence electrons. The molecular weight excluding hydrogens is 250 g/mol. The zero-order chi connectivity index (χ0) is 13.6. The van der Waals surface area contributed by atoms with Crippen LogP contribution in [-0.4, -0.2) is 35.5 Å². The van der Waals surface area contributed by atoms with E-state index < -0.39 is 9.84 Å². The van der Waals surface area contributed by atoms with Crippen LogP contribution >= 0.6 is 0 Å². The molecule has 1 aromatic rings. The van der Waals surface area contributed by atoms with Gasteiger partial charge in [-0.15, -0.1) is 0 Å². The largest absolute Gasteiger partial charge is 0.334 e. The third-order valence-electron chi connectivity index (χ3n) is 2.93. The Morgan fingerprint density at radius 1 is 1.39 bits per heavy atom. The molecule has 0 saturated carbocycles. The van der Waals surface area contributed by atoms with Gasteiger partial charge in [-0.3, -0.25) is 0 Å². The first kappa shape index (κ1) is 15.2. The van der Waals surface area contributed by atoms with Gasteiger partial charge in [-0.2, -0.15) is 0 Å². The quantitative estimate of drug-likeness (QED) is 0.766. The van der Waals surface area contributed by atoms with Crippen molar-refractivity contribution in [1.29, 1.82) is 0 Å². The fourth-order valence-corrected chi connectivity index (χ4v) is 3.06. The van der Waals surface area contributed by atoms with Gasteiger partial charge in [0.05, 0.1) is 5.75 Å². The van der Waals surface area contributed by atoms with Gasteiger partial charge >= 0.3 is 0 Å². The first-order valence-corrected chi connectivity index (χ1v) is 8.26. The minimum atomic E-state index is -2.94. The number of aromatic nitrogens is 2. The molecule has 2 N–H and O–H groups in total. The molecule has 1 unspecified atom stereocenters. The van der Waals surface area contributed by atoms with Gasteiger partial charge in [-0.05, 0) is 12.8 Å². The van der Waals surface area contributed by atoms with Gasteiger partial charge in [0.25, 0.3) is 0 Å². The Kier molecular flexibility index (Phi) is 5.81. The van der Waals surface area contributed by atoms with Crippen molar-refractivity contribution in [1.82, 2.24) is 9.55 Å². The number of nitrogens with zero attached hydrogens (tertiary/aromatic N) is 2. The van der Waals surface area contributed by atoms with E-state index in [1.807, 2.05) is 24.6 Å². The Hall–Kier alpha value is -0.880. The van der Waals surface area contributed by atoms with Gasteiger partial charge in [-0.1, -0.05) is 13.8 Å². The Balaban J connectivity index is 2.60. The summed E-state index contributed by atoms with van der Waals surface area (Å²) < 4.78 is 25.2. The van der Waals surface area contributed by atoms with Crippen molar-refractivity contribution < 1.29 is 8.42 Å². The van der Waals surface area contributed by atoms with Crippen LogP contribution in [0.4, 0.5) is 0 Å². The van der Waals surface area contributed by atoms with Crippen LogP contribution in [0.15, 0.2) is 12.4 Å². The lowest BCUT2D eigenvalue weighted by Gasteiger charge is -2.11. The molecule has 5 nitrogen and oxygen atoms in total. The molecule has 0 spiro atoms. The van der Waals surface area contributed by atoms with Crippen molar-refractivity contribution in [3.63, 3.8) is 0 Å². The summed E-state index contributed by atoms with van der Waals surface area (Å²) in [6.07, 6.45) is 5.77. The van der Waals surface area contributed by atoms with Crippen LogP contribution < -0.4 is 5.73 Å². The van der Waals surface area contributed by atoms with Crippen molar-refractivity contribution in [2.24, 2.45) is 5.73 Å². The van der Waals surface area contributed by atoms with E-state index in [0.717, 1.165) is 12.2 Å².